The van der Waals surface area contributed by atoms with E-state index in [-0.39, 0.29) is 28.6 Å². The Labute approximate surface area is 158 Å². The summed E-state index contributed by atoms with van der Waals surface area (Å²) in [5.74, 6) is -0.954. The average molecular weight is 377 g/mol. The number of likely N-dealkylation sites (N-methyl/N-ethyl adjacent to an activating group) is 1. The van der Waals surface area contributed by atoms with E-state index in [1.165, 1.54) is 18.2 Å². The van der Waals surface area contributed by atoms with E-state index in [1.807, 2.05) is 49.3 Å². The van der Waals surface area contributed by atoms with Gasteiger partial charge in [0.1, 0.15) is 5.82 Å². The maximum absolute atomic E-state index is 14.3. The summed E-state index contributed by atoms with van der Waals surface area (Å²) < 4.78 is 20.3. The van der Waals surface area contributed by atoms with Crippen molar-refractivity contribution >= 4 is 17.5 Å². The van der Waals surface area contributed by atoms with E-state index in [0.29, 0.717) is 19.7 Å². The summed E-state index contributed by atoms with van der Waals surface area (Å²) in [5, 5.41) is 0.270. The number of carbonyl (C=O) groups excluding carboxylic acids is 1. The number of ether oxygens (including phenoxy) is 1. The van der Waals surface area contributed by atoms with Crippen molar-refractivity contribution in [2.45, 2.75) is 12.1 Å². The highest BCUT2D eigenvalue weighted by Gasteiger charge is 2.37. The van der Waals surface area contributed by atoms with Gasteiger partial charge in [0.05, 0.1) is 24.3 Å². The molecule has 1 aliphatic rings. The Morgan fingerprint density at radius 3 is 2.65 bits per heavy atom. The zero-order valence-electron chi connectivity index (χ0n) is 14.9. The van der Waals surface area contributed by atoms with Gasteiger partial charge in [-0.1, -0.05) is 41.9 Å². The molecular formula is C20H22ClFN2O2. The molecule has 2 aromatic rings. The minimum absolute atomic E-state index is 0.0286. The molecule has 4 nitrogen and oxygen atoms in total. The molecule has 1 fully saturated rings. The van der Waals surface area contributed by atoms with Crippen LogP contribution in [-0.4, -0.2) is 55.6 Å². The van der Waals surface area contributed by atoms with E-state index < -0.39 is 5.82 Å². The minimum atomic E-state index is -0.607. The summed E-state index contributed by atoms with van der Waals surface area (Å²) in [5.41, 5.74) is 1.00. The van der Waals surface area contributed by atoms with Crippen molar-refractivity contribution in [2.75, 3.05) is 33.8 Å². The lowest BCUT2D eigenvalue weighted by Gasteiger charge is -2.42. The van der Waals surface area contributed by atoms with E-state index in [9.17, 15) is 9.18 Å². The van der Waals surface area contributed by atoms with Crippen molar-refractivity contribution in [3.05, 3.63) is 70.5 Å². The van der Waals surface area contributed by atoms with Gasteiger partial charge in [-0.25, -0.2) is 4.39 Å². The van der Waals surface area contributed by atoms with E-state index in [1.54, 1.807) is 4.90 Å². The van der Waals surface area contributed by atoms with Crippen LogP contribution in [0.3, 0.4) is 0 Å². The van der Waals surface area contributed by atoms with Crippen molar-refractivity contribution in [3.63, 3.8) is 0 Å². The Balaban J connectivity index is 1.98. The molecule has 3 rings (SSSR count). The van der Waals surface area contributed by atoms with Gasteiger partial charge in [-0.3, -0.25) is 4.79 Å². The number of carbonyl (C=O) groups is 1. The summed E-state index contributed by atoms with van der Waals surface area (Å²) >= 11 is 5.82. The highest BCUT2D eigenvalue weighted by atomic mass is 35.5. The van der Waals surface area contributed by atoms with Gasteiger partial charge in [-0.15, -0.1) is 0 Å². The molecule has 2 aromatic carbocycles. The largest absolute Gasteiger partial charge is 0.373 e. The van der Waals surface area contributed by atoms with Crippen molar-refractivity contribution in [1.82, 2.24) is 9.80 Å². The fraction of sp³-hybridized carbons (Fsp3) is 0.350. The van der Waals surface area contributed by atoms with Crippen LogP contribution in [0.15, 0.2) is 48.5 Å². The quantitative estimate of drug-likeness (QED) is 0.817. The lowest BCUT2D eigenvalue weighted by atomic mass is 9.96. The summed E-state index contributed by atoms with van der Waals surface area (Å²) in [7, 11) is 3.93. The molecule has 0 spiro atoms. The molecule has 1 amide bonds. The fourth-order valence-corrected chi connectivity index (χ4v) is 3.49. The fourth-order valence-electron chi connectivity index (χ4n) is 3.34. The first-order chi connectivity index (χ1) is 12.5. The Bertz CT molecular complexity index is 770. The molecule has 0 bridgehead atoms. The van der Waals surface area contributed by atoms with Crippen molar-refractivity contribution in [2.24, 2.45) is 0 Å². The highest BCUT2D eigenvalue weighted by Crippen LogP contribution is 2.32. The van der Waals surface area contributed by atoms with Crippen molar-refractivity contribution in [1.29, 1.82) is 0 Å². The van der Waals surface area contributed by atoms with Crippen LogP contribution < -0.4 is 0 Å². The molecule has 0 aliphatic carbocycles. The van der Waals surface area contributed by atoms with Gasteiger partial charge in [-0.2, -0.15) is 0 Å². The second-order valence-electron chi connectivity index (χ2n) is 6.65. The van der Waals surface area contributed by atoms with Crippen LogP contribution in [-0.2, 0) is 4.74 Å². The van der Waals surface area contributed by atoms with E-state index in [0.717, 1.165) is 5.56 Å². The molecule has 26 heavy (non-hydrogen) atoms. The molecular weight excluding hydrogens is 355 g/mol. The number of amides is 1. The summed E-state index contributed by atoms with van der Waals surface area (Å²) in [6.45, 7) is 1.49. The molecule has 1 saturated heterocycles. The zero-order chi connectivity index (χ0) is 18.7. The number of hydrogen-bond acceptors (Lipinski definition) is 3. The van der Waals surface area contributed by atoms with Crippen LogP contribution in [0.5, 0.6) is 0 Å². The molecule has 0 radical (unpaired) electrons. The van der Waals surface area contributed by atoms with Gasteiger partial charge >= 0.3 is 0 Å². The standard InChI is InChI=1S/C20H22ClFN2O2/c1-23(2)13-18-19(14-6-4-3-5-7-14)24(10-11-26-18)20(25)16-9-8-15(21)12-17(16)22/h3-9,12,18-19H,10-11,13H2,1-2H3/t18-,19-/m0/s1. The predicted molar refractivity (Wildman–Crippen MR) is 99.9 cm³/mol. The Morgan fingerprint density at radius 2 is 2.00 bits per heavy atom. The molecule has 6 heteroatoms. The summed E-state index contributed by atoms with van der Waals surface area (Å²) in [6.07, 6.45) is -0.194. The van der Waals surface area contributed by atoms with Crippen LogP contribution >= 0.6 is 11.6 Å². The monoisotopic (exact) mass is 376 g/mol. The first kappa shape index (κ1) is 18.8. The third-order valence-corrected chi connectivity index (χ3v) is 4.70. The smallest absolute Gasteiger partial charge is 0.257 e. The highest BCUT2D eigenvalue weighted by molar-refractivity contribution is 6.30. The maximum atomic E-state index is 14.3. The number of benzene rings is 2. The van der Waals surface area contributed by atoms with Gasteiger partial charge < -0.3 is 14.5 Å². The third-order valence-electron chi connectivity index (χ3n) is 4.46. The topological polar surface area (TPSA) is 32.8 Å². The lowest BCUT2D eigenvalue weighted by molar-refractivity contribution is -0.0685. The molecule has 0 aromatic heterocycles. The Morgan fingerprint density at radius 1 is 1.27 bits per heavy atom. The first-order valence-corrected chi connectivity index (χ1v) is 8.92. The normalized spacial score (nSPS) is 20.4. The molecule has 1 heterocycles. The Kier molecular flexibility index (Phi) is 5.91. The molecule has 0 N–H and O–H groups in total. The SMILES string of the molecule is CN(C)C[C@@H]1OCCN(C(=O)c2ccc(Cl)cc2F)[C@H]1c1ccccc1. The molecule has 1 aliphatic heterocycles. The second kappa shape index (κ2) is 8.16. The average Bonchev–Trinajstić information content (AvgIpc) is 2.61. The van der Waals surface area contributed by atoms with Crippen LogP contribution in [0.25, 0.3) is 0 Å². The van der Waals surface area contributed by atoms with Crippen molar-refractivity contribution in [3.8, 4) is 0 Å². The second-order valence-corrected chi connectivity index (χ2v) is 7.09. The molecule has 0 unspecified atom stereocenters. The van der Waals surface area contributed by atoms with Gasteiger partial charge in [0.15, 0.2) is 0 Å². The number of nitrogens with zero attached hydrogens (tertiary/aromatic N) is 2. The number of hydrogen-bond donors (Lipinski definition) is 0. The molecule has 2 atom stereocenters. The predicted octanol–water partition coefficient (Wildman–Crippen LogP) is 3.62. The number of rotatable bonds is 4. The maximum Gasteiger partial charge on any atom is 0.257 e. The van der Waals surface area contributed by atoms with Crippen LogP contribution in [0.1, 0.15) is 22.0 Å². The minimum Gasteiger partial charge on any atom is -0.373 e. The van der Waals surface area contributed by atoms with Crippen LogP contribution in [0.4, 0.5) is 4.39 Å². The van der Waals surface area contributed by atoms with Gasteiger partial charge in [0, 0.05) is 18.1 Å². The van der Waals surface area contributed by atoms with Gasteiger partial charge in [0.2, 0.25) is 0 Å². The third kappa shape index (κ3) is 4.06. The first-order valence-electron chi connectivity index (χ1n) is 8.54. The van der Waals surface area contributed by atoms with E-state index >= 15 is 0 Å². The van der Waals surface area contributed by atoms with E-state index in [2.05, 4.69) is 0 Å². The number of halogens is 2. The van der Waals surface area contributed by atoms with Crippen molar-refractivity contribution < 1.29 is 13.9 Å². The van der Waals surface area contributed by atoms with Crippen LogP contribution in [0, 0.1) is 5.82 Å². The molecule has 138 valence electrons. The summed E-state index contributed by atoms with van der Waals surface area (Å²) in [6, 6.07) is 13.6. The lowest BCUT2D eigenvalue weighted by Crippen LogP contribution is -2.51. The zero-order valence-corrected chi connectivity index (χ0v) is 15.6. The summed E-state index contributed by atoms with van der Waals surface area (Å²) in [4.78, 5) is 16.9. The van der Waals surface area contributed by atoms with Gasteiger partial charge in [0.25, 0.3) is 5.91 Å². The Hall–Kier alpha value is -1.95. The molecule has 0 saturated carbocycles. The number of morpholine rings is 1. The van der Waals surface area contributed by atoms with Gasteiger partial charge in [-0.05, 0) is 37.9 Å². The van der Waals surface area contributed by atoms with E-state index in [4.69, 9.17) is 16.3 Å². The van der Waals surface area contributed by atoms with Crippen LogP contribution in [0.2, 0.25) is 5.02 Å².